The number of rotatable bonds is 4. The smallest absolute Gasteiger partial charge is 0.172 e. The van der Waals surface area contributed by atoms with E-state index in [1.54, 1.807) is 7.11 Å². The van der Waals surface area contributed by atoms with Crippen LogP contribution in [0.3, 0.4) is 0 Å². The van der Waals surface area contributed by atoms with Crippen LogP contribution in [0.1, 0.15) is 32.1 Å². The van der Waals surface area contributed by atoms with E-state index in [9.17, 15) is 9.90 Å². The number of ketones is 1. The number of Topliss-reactive ketones (excluding diaryl/α,β-unsaturated/α-hetero) is 1. The number of hydrogen-bond acceptors (Lipinski definition) is 4. The highest BCUT2D eigenvalue weighted by molar-refractivity contribution is 5.81. The molecule has 4 heteroatoms. The minimum absolute atomic E-state index is 0.133. The number of methoxy groups -OCH3 is 1. The summed E-state index contributed by atoms with van der Waals surface area (Å²) in [7, 11) is 1.55. The molecule has 4 nitrogen and oxygen atoms in total. The zero-order valence-electron chi connectivity index (χ0n) is 10.7. The number of likely N-dealkylation sites (tertiary alicyclic amines) is 1. The van der Waals surface area contributed by atoms with Crippen LogP contribution < -0.4 is 0 Å². The van der Waals surface area contributed by atoms with Crippen LogP contribution in [-0.4, -0.2) is 54.7 Å². The van der Waals surface area contributed by atoms with E-state index >= 15 is 0 Å². The van der Waals surface area contributed by atoms with Gasteiger partial charge in [-0.3, -0.25) is 9.69 Å². The molecule has 2 fully saturated rings. The van der Waals surface area contributed by atoms with Gasteiger partial charge in [-0.1, -0.05) is 12.8 Å². The lowest BCUT2D eigenvalue weighted by molar-refractivity contribution is -0.128. The van der Waals surface area contributed by atoms with Gasteiger partial charge in [0, 0.05) is 26.1 Å². The molecule has 0 aromatic carbocycles. The van der Waals surface area contributed by atoms with Crippen LogP contribution in [-0.2, 0) is 9.53 Å². The average Bonchev–Trinajstić information content (AvgIpc) is 2.30. The first-order chi connectivity index (χ1) is 8.14. The number of aliphatic hydroxyl groups is 1. The van der Waals surface area contributed by atoms with Crippen molar-refractivity contribution in [3.05, 3.63) is 0 Å². The zero-order valence-corrected chi connectivity index (χ0v) is 10.7. The fourth-order valence-electron chi connectivity index (χ4n) is 3.24. The number of nitrogens with zero attached hydrogens (tertiary/aromatic N) is 1. The third kappa shape index (κ3) is 3.06. The molecule has 0 aromatic rings. The van der Waals surface area contributed by atoms with E-state index in [-0.39, 0.29) is 12.4 Å². The van der Waals surface area contributed by atoms with Gasteiger partial charge >= 0.3 is 0 Å². The van der Waals surface area contributed by atoms with E-state index in [4.69, 9.17) is 4.74 Å². The van der Waals surface area contributed by atoms with Crippen molar-refractivity contribution in [2.45, 2.75) is 37.7 Å². The van der Waals surface area contributed by atoms with E-state index in [1.165, 1.54) is 6.42 Å². The van der Waals surface area contributed by atoms with E-state index < -0.39 is 5.60 Å². The third-order valence-corrected chi connectivity index (χ3v) is 4.22. The Bertz CT molecular complexity index is 282. The summed E-state index contributed by atoms with van der Waals surface area (Å²) < 4.78 is 4.85. The summed E-state index contributed by atoms with van der Waals surface area (Å²) in [5.74, 6) is 0.495. The topological polar surface area (TPSA) is 49.8 Å². The molecule has 0 spiro atoms. The first-order valence-electron chi connectivity index (χ1n) is 6.59. The molecule has 0 amide bonds. The molecule has 2 rings (SSSR count). The summed E-state index contributed by atoms with van der Waals surface area (Å²) in [5.41, 5.74) is -0.445. The van der Waals surface area contributed by atoms with Gasteiger partial charge in [-0.25, -0.2) is 0 Å². The predicted molar refractivity (Wildman–Crippen MR) is 64.8 cm³/mol. The van der Waals surface area contributed by atoms with E-state index in [0.29, 0.717) is 12.5 Å². The van der Waals surface area contributed by atoms with Gasteiger partial charge < -0.3 is 9.84 Å². The van der Waals surface area contributed by atoms with Crippen molar-refractivity contribution in [3.63, 3.8) is 0 Å². The summed E-state index contributed by atoms with van der Waals surface area (Å²) in [5, 5.41) is 10.5. The first-order valence-corrected chi connectivity index (χ1v) is 6.59. The molecule has 1 aliphatic carbocycles. The molecule has 1 saturated heterocycles. The van der Waals surface area contributed by atoms with Crippen molar-refractivity contribution in [1.82, 2.24) is 4.90 Å². The maximum atomic E-state index is 11.5. The highest BCUT2D eigenvalue weighted by Gasteiger charge is 2.42. The molecule has 1 N–H and O–H groups in total. The predicted octanol–water partition coefficient (Wildman–Crippen LogP) is 0.829. The highest BCUT2D eigenvalue weighted by Crippen LogP contribution is 2.39. The van der Waals surface area contributed by atoms with Crippen LogP contribution in [0.15, 0.2) is 0 Å². The molecule has 0 radical (unpaired) electrons. The highest BCUT2D eigenvalue weighted by atomic mass is 16.5. The Labute approximate surface area is 103 Å². The van der Waals surface area contributed by atoms with Crippen molar-refractivity contribution in [2.75, 3.05) is 33.4 Å². The summed E-state index contributed by atoms with van der Waals surface area (Å²) in [4.78, 5) is 13.7. The van der Waals surface area contributed by atoms with Gasteiger partial charge in [-0.05, 0) is 19.3 Å². The minimum atomic E-state index is -0.445. The van der Waals surface area contributed by atoms with Crippen LogP contribution in [0.25, 0.3) is 0 Å². The van der Waals surface area contributed by atoms with Crippen molar-refractivity contribution in [3.8, 4) is 0 Å². The largest absolute Gasteiger partial charge is 0.390 e. The van der Waals surface area contributed by atoms with Gasteiger partial charge in [0.2, 0.25) is 0 Å². The molecule has 1 aliphatic heterocycles. The average molecular weight is 241 g/mol. The SMILES string of the molecule is COCC(=O)CN1CCC2(O)CCCCC2C1. The second-order valence-electron chi connectivity index (χ2n) is 5.50. The molecule has 0 aromatic heterocycles. The lowest BCUT2D eigenvalue weighted by Gasteiger charge is -2.47. The van der Waals surface area contributed by atoms with Gasteiger partial charge in [0.05, 0.1) is 12.1 Å². The summed E-state index contributed by atoms with van der Waals surface area (Å²) in [6.45, 7) is 2.38. The van der Waals surface area contributed by atoms with Crippen LogP contribution in [0.5, 0.6) is 0 Å². The number of carbonyl (C=O) groups is 1. The van der Waals surface area contributed by atoms with Crippen molar-refractivity contribution in [1.29, 1.82) is 0 Å². The van der Waals surface area contributed by atoms with Crippen LogP contribution in [0, 0.1) is 5.92 Å². The van der Waals surface area contributed by atoms with Gasteiger partial charge in [0.15, 0.2) is 5.78 Å². The summed E-state index contributed by atoms with van der Waals surface area (Å²) in [6, 6.07) is 0. The Hall–Kier alpha value is -0.450. The lowest BCUT2D eigenvalue weighted by atomic mass is 9.71. The fraction of sp³-hybridized carbons (Fsp3) is 0.923. The Balaban J connectivity index is 1.86. The Morgan fingerprint density at radius 1 is 1.47 bits per heavy atom. The van der Waals surface area contributed by atoms with Crippen LogP contribution >= 0.6 is 0 Å². The van der Waals surface area contributed by atoms with E-state index in [0.717, 1.165) is 38.8 Å². The van der Waals surface area contributed by atoms with Crippen molar-refractivity contribution in [2.24, 2.45) is 5.92 Å². The third-order valence-electron chi connectivity index (χ3n) is 4.22. The Morgan fingerprint density at radius 3 is 3.06 bits per heavy atom. The summed E-state index contributed by atoms with van der Waals surface area (Å²) in [6.07, 6.45) is 5.23. The molecule has 1 heterocycles. The molecule has 1 saturated carbocycles. The maximum absolute atomic E-state index is 11.5. The van der Waals surface area contributed by atoms with E-state index in [1.807, 2.05) is 0 Å². The molecule has 98 valence electrons. The monoisotopic (exact) mass is 241 g/mol. The number of hydrogen-bond donors (Lipinski definition) is 1. The second kappa shape index (κ2) is 5.46. The zero-order chi connectivity index (χ0) is 12.3. The van der Waals surface area contributed by atoms with Crippen LogP contribution in [0.2, 0.25) is 0 Å². The van der Waals surface area contributed by atoms with Crippen molar-refractivity contribution < 1.29 is 14.6 Å². The number of fused-ring (bicyclic) bond motifs is 1. The quantitative estimate of drug-likeness (QED) is 0.792. The first kappa shape index (κ1) is 13.0. The molecule has 2 atom stereocenters. The number of piperidine rings is 1. The molecule has 2 aliphatic rings. The lowest BCUT2D eigenvalue weighted by Crippen LogP contribution is -2.54. The molecular formula is C13H23NO3. The molecule has 0 bridgehead atoms. The minimum Gasteiger partial charge on any atom is -0.390 e. The van der Waals surface area contributed by atoms with Crippen LogP contribution in [0.4, 0.5) is 0 Å². The molecule has 2 unspecified atom stereocenters. The molecule has 17 heavy (non-hydrogen) atoms. The molecular weight excluding hydrogens is 218 g/mol. The standard InChI is InChI=1S/C13H23NO3/c1-17-10-12(15)9-14-7-6-13(16)5-3-2-4-11(13)8-14/h11,16H,2-10H2,1H3. The Morgan fingerprint density at radius 2 is 2.29 bits per heavy atom. The van der Waals surface area contributed by atoms with E-state index in [2.05, 4.69) is 4.90 Å². The van der Waals surface area contributed by atoms with Gasteiger partial charge in [0.25, 0.3) is 0 Å². The van der Waals surface area contributed by atoms with Gasteiger partial charge in [0.1, 0.15) is 6.61 Å². The summed E-state index contributed by atoms with van der Waals surface area (Å²) >= 11 is 0. The Kier molecular flexibility index (Phi) is 4.17. The van der Waals surface area contributed by atoms with Gasteiger partial charge in [-0.15, -0.1) is 0 Å². The number of carbonyl (C=O) groups excluding carboxylic acids is 1. The second-order valence-corrected chi connectivity index (χ2v) is 5.50. The van der Waals surface area contributed by atoms with Gasteiger partial charge in [-0.2, -0.15) is 0 Å². The fourth-order valence-corrected chi connectivity index (χ4v) is 3.24. The van der Waals surface area contributed by atoms with Crippen molar-refractivity contribution >= 4 is 5.78 Å². The number of ether oxygens (including phenoxy) is 1. The normalized spacial score (nSPS) is 34.4. The maximum Gasteiger partial charge on any atom is 0.172 e.